The van der Waals surface area contributed by atoms with Gasteiger partial charge >= 0.3 is 0 Å². The molecule has 0 aromatic rings. The van der Waals surface area contributed by atoms with Gasteiger partial charge in [-0.2, -0.15) is 0 Å². The van der Waals surface area contributed by atoms with Crippen LogP contribution in [0.2, 0.25) is 0 Å². The Labute approximate surface area is 102 Å². The zero-order chi connectivity index (χ0) is 12.2. The highest BCUT2D eigenvalue weighted by Gasteiger charge is 2.29. The molecule has 1 N–H and O–H groups in total. The van der Waals surface area contributed by atoms with E-state index in [2.05, 4.69) is 44.8 Å². The summed E-state index contributed by atoms with van der Waals surface area (Å²) in [5.74, 6) is 0. The molecule has 1 unspecified atom stereocenters. The van der Waals surface area contributed by atoms with Gasteiger partial charge in [-0.25, -0.2) is 0 Å². The lowest BCUT2D eigenvalue weighted by Gasteiger charge is -2.36. The fourth-order valence-electron chi connectivity index (χ4n) is 2.67. The molecule has 2 nitrogen and oxygen atoms in total. The molecule has 1 heterocycles. The van der Waals surface area contributed by atoms with Crippen molar-refractivity contribution >= 4 is 0 Å². The molecule has 1 aliphatic rings. The van der Waals surface area contributed by atoms with Crippen molar-refractivity contribution in [2.24, 2.45) is 5.41 Å². The molecular weight excluding hydrogens is 196 g/mol. The molecule has 0 radical (unpaired) electrons. The van der Waals surface area contributed by atoms with E-state index in [0.29, 0.717) is 11.5 Å². The van der Waals surface area contributed by atoms with Crippen LogP contribution in [0.5, 0.6) is 0 Å². The molecule has 0 amide bonds. The second kappa shape index (κ2) is 6.02. The minimum Gasteiger partial charge on any atom is -0.312 e. The minimum atomic E-state index is 0.370. The summed E-state index contributed by atoms with van der Waals surface area (Å²) < 4.78 is 0. The SMILES string of the molecule is CCC(CC)N1CCCNC(C(C)(C)C)C1. The van der Waals surface area contributed by atoms with Crippen molar-refractivity contribution in [3.8, 4) is 0 Å². The molecule has 0 aliphatic carbocycles. The van der Waals surface area contributed by atoms with Crippen molar-refractivity contribution < 1.29 is 0 Å². The van der Waals surface area contributed by atoms with Crippen LogP contribution in [0.15, 0.2) is 0 Å². The van der Waals surface area contributed by atoms with Crippen molar-refractivity contribution in [2.45, 2.75) is 66.0 Å². The Morgan fingerprint density at radius 1 is 1.25 bits per heavy atom. The fraction of sp³-hybridized carbons (Fsp3) is 1.00. The van der Waals surface area contributed by atoms with Gasteiger partial charge in [-0.05, 0) is 37.8 Å². The zero-order valence-corrected chi connectivity index (χ0v) is 11.8. The van der Waals surface area contributed by atoms with Gasteiger partial charge < -0.3 is 5.32 Å². The lowest BCUT2D eigenvalue weighted by molar-refractivity contribution is 0.147. The summed E-state index contributed by atoms with van der Waals surface area (Å²) in [6.45, 7) is 15.3. The minimum absolute atomic E-state index is 0.370. The van der Waals surface area contributed by atoms with Gasteiger partial charge in [0.15, 0.2) is 0 Å². The average Bonchev–Trinajstić information content (AvgIpc) is 2.45. The Balaban J connectivity index is 2.65. The van der Waals surface area contributed by atoms with E-state index in [-0.39, 0.29) is 0 Å². The first kappa shape index (κ1) is 14.0. The summed E-state index contributed by atoms with van der Waals surface area (Å²) in [6.07, 6.45) is 3.86. The van der Waals surface area contributed by atoms with Gasteiger partial charge in [0.25, 0.3) is 0 Å². The fourth-order valence-corrected chi connectivity index (χ4v) is 2.67. The van der Waals surface area contributed by atoms with E-state index in [1.165, 1.54) is 38.9 Å². The van der Waals surface area contributed by atoms with E-state index in [4.69, 9.17) is 0 Å². The molecule has 1 saturated heterocycles. The second-order valence-electron chi connectivity index (χ2n) is 6.19. The van der Waals surface area contributed by atoms with Crippen molar-refractivity contribution in [1.29, 1.82) is 0 Å². The summed E-state index contributed by atoms with van der Waals surface area (Å²) in [5.41, 5.74) is 0.370. The van der Waals surface area contributed by atoms with Crippen molar-refractivity contribution in [2.75, 3.05) is 19.6 Å². The smallest absolute Gasteiger partial charge is 0.0243 e. The van der Waals surface area contributed by atoms with Gasteiger partial charge in [0, 0.05) is 18.6 Å². The van der Waals surface area contributed by atoms with Crippen LogP contribution < -0.4 is 5.32 Å². The number of nitrogens with zero attached hydrogens (tertiary/aromatic N) is 1. The molecule has 1 rings (SSSR count). The highest BCUT2D eigenvalue weighted by molar-refractivity contribution is 4.87. The summed E-state index contributed by atoms with van der Waals surface area (Å²) in [7, 11) is 0. The molecule has 0 aromatic carbocycles. The Kier molecular flexibility index (Phi) is 5.26. The number of nitrogens with one attached hydrogen (secondary N) is 1. The number of hydrogen-bond donors (Lipinski definition) is 1. The zero-order valence-electron chi connectivity index (χ0n) is 11.8. The van der Waals surface area contributed by atoms with Gasteiger partial charge in [-0.15, -0.1) is 0 Å². The molecule has 0 bridgehead atoms. The molecule has 0 saturated carbocycles. The lowest BCUT2D eigenvalue weighted by Crippen LogP contribution is -2.48. The van der Waals surface area contributed by atoms with E-state index in [1.54, 1.807) is 0 Å². The van der Waals surface area contributed by atoms with Crippen LogP contribution in [0.1, 0.15) is 53.9 Å². The summed E-state index contributed by atoms with van der Waals surface area (Å²) in [4.78, 5) is 2.70. The molecule has 96 valence electrons. The normalized spacial score (nSPS) is 24.8. The molecule has 0 aromatic heterocycles. The van der Waals surface area contributed by atoms with Crippen LogP contribution in [0, 0.1) is 5.41 Å². The molecule has 1 aliphatic heterocycles. The summed E-state index contributed by atoms with van der Waals surface area (Å²) >= 11 is 0. The quantitative estimate of drug-likeness (QED) is 0.796. The van der Waals surface area contributed by atoms with Crippen LogP contribution >= 0.6 is 0 Å². The second-order valence-corrected chi connectivity index (χ2v) is 6.19. The molecule has 2 heteroatoms. The van der Waals surface area contributed by atoms with Crippen LogP contribution in [0.4, 0.5) is 0 Å². The number of hydrogen-bond acceptors (Lipinski definition) is 2. The van der Waals surface area contributed by atoms with Gasteiger partial charge in [-0.1, -0.05) is 34.6 Å². The summed E-state index contributed by atoms with van der Waals surface area (Å²) in [6, 6.07) is 1.42. The molecular formula is C14H30N2. The van der Waals surface area contributed by atoms with Gasteiger partial charge in [0.1, 0.15) is 0 Å². The third-order valence-corrected chi connectivity index (χ3v) is 3.93. The Hall–Kier alpha value is -0.0800. The molecule has 1 fully saturated rings. The first-order valence-corrected chi connectivity index (χ1v) is 6.96. The Bertz CT molecular complexity index is 191. The third-order valence-electron chi connectivity index (χ3n) is 3.93. The van der Waals surface area contributed by atoms with Gasteiger partial charge in [0.2, 0.25) is 0 Å². The van der Waals surface area contributed by atoms with Crippen LogP contribution in [0.3, 0.4) is 0 Å². The maximum Gasteiger partial charge on any atom is 0.0243 e. The first-order chi connectivity index (χ1) is 7.49. The molecule has 1 atom stereocenters. The van der Waals surface area contributed by atoms with E-state index < -0.39 is 0 Å². The van der Waals surface area contributed by atoms with Crippen LogP contribution in [0.25, 0.3) is 0 Å². The number of rotatable bonds is 3. The monoisotopic (exact) mass is 226 g/mol. The van der Waals surface area contributed by atoms with Crippen LogP contribution in [-0.4, -0.2) is 36.6 Å². The maximum atomic E-state index is 3.71. The van der Waals surface area contributed by atoms with E-state index >= 15 is 0 Å². The molecule has 0 spiro atoms. The average molecular weight is 226 g/mol. The standard InChI is InChI=1S/C14H30N2/c1-6-12(7-2)16-10-8-9-15-13(11-16)14(3,4)5/h12-13,15H,6-11H2,1-5H3. The van der Waals surface area contributed by atoms with Crippen molar-refractivity contribution in [1.82, 2.24) is 10.2 Å². The van der Waals surface area contributed by atoms with Gasteiger partial charge in [-0.3, -0.25) is 4.90 Å². The van der Waals surface area contributed by atoms with Gasteiger partial charge in [0.05, 0.1) is 0 Å². The topological polar surface area (TPSA) is 15.3 Å². The Morgan fingerprint density at radius 3 is 2.38 bits per heavy atom. The van der Waals surface area contributed by atoms with Crippen molar-refractivity contribution in [3.05, 3.63) is 0 Å². The largest absolute Gasteiger partial charge is 0.312 e. The van der Waals surface area contributed by atoms with E-state index in [0.717, 1.165) is 6.04 Å². The first-order valence-electron chi connectivity index (χ1n) is 6.96. The third kappa shape index (κ3) is 3.74. The van der Waals surface area contributed by atoms with Crippen LogP contribution in [-0.2, 0) is 0 Å². The van der Waals surface area contributed by atoms with Crippen molar-refractivity contribution in [3.63, 3.8) is 0 Å². The predicted octanol–water partition coefficient (Wildman–Crippen LogP) is 2.89. The highest BCUT2D eigenvalue weighted by atomic mass is 15.2. The Morgan fingerprint density at radius 2 is 1.88 bits per heavy atom. The lowest BCUT2D eigenvalue weighted by atomic mass is 9.86. The maximum absolute atomic E-state index is 3.71. The predicted molar refractivity (Wildman–Crippen MR) is 71.8 cm³/mol. The summed E-state index contributed by atoms with van der Waals surface area (Å²) in [5, 5.41) is 3.71. The molecule has 16 heavy (non-hydrogen) atoms. The van der Waals surface area contributed by atoms with E-state index in [1.807, 2.05) is 0 Å². The highest BCUT2D eigenvalue weighted by Crippen LogP contribution is 2.23. The van der Waals surface area contributed by atoms with E-state index in [9.17, 15) is 0 Å².